The number of halogens is 3. The van der Waals surface area contributed by atoms with Crippen molar-refractivity contribution in [1.82, 2.24) is 0 Å². The molecule has 5 nitrogen and oxygen atoms in total. The second-order valence-corrected chi connectivity index (χ2v) is 5.67. The Morgan fingerprint density at radius 1 is 0.963 bits per heavy atom. The summed E-state index contributed by atoms with van der Waals surface area (Å²) in [5.41, 5.74) is -0.897. The Kier molecular flexibility index (Phi) is 4.65. The summed E-state index contributed by atoms with van der Waals surface area (Å²) in [4.78, 5) is 25.6. The van der Waals surface area contributed by atoms with Gasteiger partial charge in [-0.2, -0.15) is 13.2 Å². The molecule has 1 heterocycles. The molecule has 0 spiro atoms. The van der Waals surface area contributed by atoms with Crippen molar-refractivity contribution in [2.45, 2.75) is 13.1 Å². The SMILES string of the molecule is CCOc1ccc(C2=C(O)C(=O)N(c3ccc(C(F)(F)F)cc3)C2=O)cc1. The van der Waals surface area contributed by atoms with Gasteiger partial charge in [0, 0.05) is 0 Å². The third-order valence-corrected chi connectivity index (χ3v) is 3.97. The molecule has 0 aliphatic carbocycles. The molecule has 3 rings (SSSR count). The number of amides is 2. The number of alkyl halides is 3. The summed E-state index contributed by atoms with van der Waals surface area (Å²) in [5.74, 6) is -2.02. The smallest absolute Gasteiger partial charge is 0.416 e. The molecule has 0 saturated heterocycles. The molecule has 1 N–H and O–H groups in total. The van der Waals surface area contributed by atoms with Crippen molar-refractivity contribution in [3.05, 3.63) is 65.4 Å². The predicted molar refractivity (Wildman–Crippen MR) is 91.1 cm³/mol. The first-order valence-electron chi connectivity index (χ1n) is 7.96. The minimum absolute atomic E-state index is 0.0644. The summed E-state index contributed by atoms with van der Waals surface area (Å²) in [5, 5.41) is 10.1. The van der Waals surface area contributed by atoms with E-state index in [2.05, 4.69) is 0 Å². The van der Waals surface area contributed by atoms with Crippen LogP contribution < -0.4 is 9.64 Å². The van der Waals surface area contributed by atoms with Crippen molar-refractivity contribution >= 4 is 23.1 Å². The molecule has 8 heteroatoms. The Labute approximate surface area is 152 Å². The number of hydrogen-bond donors (Lipinski definition) is 1. The summed E-state index contributed by atoms with van der Waals surface area (Å²) in [6, 6.07) is 9.73. The molecule has 1 aliphatic rings. The largest absolute Gasteiger partial charge is 0.502 e. The van der Waals surface area contributed by atoms with Crippen molar-refractivity contribution < 1.29 is 32.6 Å². The van der Waals surface area contributed by atoms with Crippen molar-refractivity contribution in [3.63, 3.8) is 0 Å². The molecule has 140 valence electrons. The van der Waals surface area contributed by atoms with Gasteiger partial charge in [-0.05, 0) is 48.9 Å². The molecule has 0 radical (unpaired) electrons. The van der Waals surface area contributed by atoms with Crippen LogP contribution in [0.4, 0.5) is 18.9 Å². The lowest BCUT2D eigenvalue weighted by atomic mass is 10.1. The average molecular weight is 377 g/mol. The van der Waals surface area contributed by atoms with Crippen LogP contribution in [0.2, 0.25) is 0 Å². The van der Waals surface area contributed by atoms with E-state index in [9.17, 15) is 27.9 Å². The normalized spacial score (nSPS) is 14.9. The van der Waals surface area contributed by atoms with E-state index in [-0.39, 0.29) is 11.3 Å². The maximum Gasteiger partial charge on any atom is 0.416 e. The van der Waals surface area contributed by atoms with E-state index in [4.69, 9.17) is 4.74 Å². The van der Waals surface area contributed by atoms with Gasteiger partial charge in [0.15, 0.2) is 5.76 Å². The fourth-order valence-electron chi connectivity index (χ4n) is 2.70. The van der Waals surface area contributed by atoms with Crippen LogP contribution in [-0.2, 0) is 15.8 Å². The van der Waals surface area contributed by atoms with Crippen LogP contribution in [0.15, 0.2) is 54.3 Å². The average Bonchev–Trinajstić information content (AvgIpc) is 2.85. The molecule has 27 heavy (non-hydrogen) atoms. The number of ether oxygens (including phenoxy) is 1. The number of anilines is 1. The van der Waals surface area contributed by atoms with Crippen LogP contribution in [0.3, 0.4) is 0 Å². The third kappa shape index (κ3) is 3.38. The first-order chi connectivity index (χ1) is 12.7. The van der Waals surface area contributed by atoms with Crippen molar-refractivity contribution in [1.29, 1.82) is 0 Å². The maximum atomic E-state index is 12.7. The number of rotatable bonds is 4. The highest BCUT2D eigenvalue weighted by atomic mass is 19.4. The lowest BCUT2D eigenvalue weighted by Crippen LogP contribution is -2.31. The molecule has 0 fully saturated rings. The zero-order valence-corrected chi connectivity index (χ0v) is 14.1. The number of hydrogen-bond acceptors (Lipinski definition) is 4. The first kappa shape index (κ1) is 18.5. The van der Waals surface area contributed by atoms with E-state index in [1.165, 1.54) is 12.1 Å². The first-order valence-corrected chi connectivity index (χ1v) is 7.96. The van der Waals surface area contributed by atoms with Gasteiger partial charge >= 0.3 is 12.1 Å². The minimum atomic E-state index is -4.54. The number of aliphatic hydroxyl groups is 1. The molecule has 0 aromatic heterocycles. The van der Waals surface area contributed by atoms with Crippen LogP contribution in [0.1, 0.15) is 18.1 Å². The Bertz CT molecular complexity index is 915. The number of carbonyl (C=O) groups is 2. The minimum Gasteiger partial charge on any atom is -0.502 e. The van der Waals surface area contributed by atoms with E-state index in [0.29, 0.717) is 22.8 Å². The Morgan fingerprint density at radius 2 is 1.56 bits per heavy atom. The molecule has 2 amide bonds. The molecule has 0 saturated carbocycles. The van der Waals surface area contributed by atoms with Gasteiger partial charge in [0.1, 0.15) is 5.75 Å². The van der Waals surface area contributed by atoms with E-state index >= 15 is 0 Å². The lowest BCUT2D eigenvalue weighted by Gasteiger charge is -2.15. The van der Waals surface area contributed by atoms with Gasteiger partial charge in [-0.25, -0.2) is 4.90 Å². The molecule has 2 aromatic rings. The molecular weight excluding hydrogens is 363 g/mol. The van der Waals surface area contributed by atoms with Crippen LogP contribution in [0.25, 0.3) is 5.57 Å². The predicted octanol–water partition coefficient (Wildman–Crippen LogP) is 3.95. The second kappa shape index (κ2) is 6.79. The van der Waals surface area contributed by atoms with Crippen molar-refractivity contribution in [2.75, 3.05) is 11.5 Å². The summed E-state index contributed by atoms with van der Waals surface area (Å²) >= 11 is 0. The summed E-state index contributed by atoms with van der Waals surface area (Å²) in [6.07, 6.45) is -4.54. The molecule has 0 bridgehead atoms. The van der Waals surface area contributed by atoms with Crippen LogP contribution >= 0.6 is 0 Å². The summed E-state index contributed by atoms with van der Waals surface area (Å²) in [7, 11) is 0. The summed E-state index contributed by atoms with van der Waals surface area (Å²) < 4.78 is 43.3. The standard InChI is InChI=1S/C19H14F3NO4/c1-2-27-14-9-3-11(4-10-14)15-16(24)18(26)23(17(15)25)13-7-5-12(6-8-13)19(20,21)22/h3-10,24H,2H2,1H3. The van der Waals surface area contributed by atoms with Gasteiger partial charge in [-0.1, -0.05) is 12.1 Å². The summed E-state index contributed by atoms with van der Waals surface area (Å²) in [6.45, 7) is 2.26. The van der Waals surface area contributed by atoms with Gasteiger partial charge in [0.05, 0.1) is 23.4 Å². The zero-order valence-electron chi connectivity index (χ0n) is 14.1. The maximum absolute atomic E-state index is 12.7. The highest BCUT2D eigenvalue weighted by Crippen LogP contribution is 2.35. The highest BCUT2D eigenvalue weighted by molar-refractivity contribution is 6.44. The van der Waals surface area contributed by atoms with Gasteiger partial charge < -0.3 is 9.84 Å². The van der Waals surface area contributed by atoms with E-state index < -0.39 is 29.3 Å². The highest BCUT2D eigenvalue weighted by Gasteiger charge is 2.40. The monoisotopic (exact) mass is 377 g/mol. The van der Waals surface area contributed by atoms with Crippen molar-refractivity contribution in [2.24, 2.45) is 0 Å². The van der Waals surface area contributed by atoms with Crippen LogP contribution in [-0.4, -0.2) is 23.5 Å². The molecule has 1 aliphatic heterocycles. The Hall–Kier alpha value is -3.29. The molecule has 2 aromatic carbocycles. The van der Waals surface area contributed by atoms with Gasteiger partial charge in [-0.15, -0.1) is 0 Å². The second-order valence-electron chi connectivity index (χ2n) is 5.67. The number of imide groups is 1. The third-order valence-electron chi connectivity index (χ3n) is 3.97. The van der Waals surface area contributed by atoms with Crippen LogP contribution in [0, 0.1) is 0 Å². The van der Waals surface area contributed by atoms with Gasteiger partial charge in [-0.3, -0.25) is 9.59 Å². The molecular formula is C19H14F3NO4. The topological polar surface area (TPSA) is 66.8 Å². The number of aliphatic hydroxyl groups excluding tert-OH is 1. The zero-order chi connectivity index (χ0) is 19.8. The molecule has 0 atom stereocenters. The van der Waals surface area contributed by atoms with Gasteiger partial charge in [0.2, 0.25) is 0 Å². The lowest BCUT2D eigenvalue weighted by molar-refractivity contribution is -0.137. The fraction of sp³-hybridized carbons (Fsp3) is 0.158. The Morgan fingerprint density at radius 3 is 2.07 bits per heavy atom. The Balaban J connectivity index is 1.92. The van der Waals surface area contributed by atoms with Crippen molar-refractivity contribution in [3.8, 4) is 5.75 Å². The van der Waals surface area contributed by atoms with Gasteiger partial charge in [0.25, 0.3) is 5.91 Å². The molecule has 0 unspecified atom stereocenters. The quantitative estimate of drug-likeness (QED) is 0.820. The number of benzene rings is 2. The fourth-order valence-corrected chi connectivity index (χ4v) is 2.70. The van der Waals surface area contributed by atoms with Crippen LogP contribution in [0.5, 0.6) is 5.75 Å². The van der Waals surface area contributed by atoms with E-state index in [0.717, 1.165) is 24.3 Å². The van der Waals surface area contributed by atoms with E-state index in [1.807, 2.05) is 6.92 Å². The number of nitrogens with zero attached hydrogens (tertiary/aromatic N) is 1. The van der Waals surface area contributed by atoms with E-state index in [1.54, 1.807) is 12.1 Å². The number of carbonyl (C=O) groups excluding carboxylic acids is 2.